The van der Waals surface area contributed by atoms with Crippen molar-refractivity contribution in [1.29, 1.82) is 0 Å². The van der Waals surface area contributed by atoms with Crippen molar-refractivity contribution in [3.63, 3.8) is 0 Å². The van der Waals surface area contributed by atoms with Crippen LogP contribution in [0.1, 0.15) is 41.5 Å². The number of nitrogens with zero attached hydrogens (tertiary/aromatic N) is 4. The maximum absolute atomic E-state index is 15.0. The fraction of sp³-hybridized carbons (Fsp3) is 0.444. The highest BCUT2D eigenvalue weighted by atomic mass is 19.1. The third kappa shape index (κ3) is 7.70. The van der Waals surface area contributed by atoms with Crippen molar-refractivity contribution < 1.29 is 33.1 Å². The highest BCUT2D eigenvalue weighted by molar-refractivity contribution is 6.17. The zero-order valence-corrected chi connectivity index (χ0v) is 23.6. The van der Waals surface area contributed by atoms with E-state index in [4.69, 9.17) is 14.1 Å². The topological polar surface area (TPSA) is 106 Å². The number of carbonyl (C=O) groups excluding carboxylic acids is 2. The van der Waals surface area contributed by atoms with Crippen molar-refractivity contribution in [3.05, 3.63) is 42.3 Å². The molecule has 0 atom stereocenters. The predicted octanol–water partition coefficient (Wildman–Crippen LogP) is 4.83. The number of rotatable bonds is 7. The van der Waals surface area contributed by atoms with Crippen molar-refractivity contribution in [1.82, 2.24) is 14.5 Å². The summed E-state index contributed by atoms with van der Waals surface area (Å²) in [6.07, 6.45) is 0.0949. The number of halogens is 1. The Labute approximate surface area is 228 Å². The van der Waals surface area contributed by atoms with Gasteiger partial charge in [-0.3, -0.25) is 4.90 Å². The lowest BCUT2D eigenvalue weighted by molar-refractivity contribution is 0.0533. The number of likely N-dealkylation sites (N-methyl/N-ethyl adjacent to an activating group) is 1. The number of carbonyl (C=O) groups is 2. The average Bonchev–Trinajstić information content (AvgIpc) is 3.14. The molecule has 12 heteroatoms. The normalized spacial score (nSPS) is 12.0. The van der Waals surface area contributed by atoms with Gasteiger partial charge in [0.1, 0.15) is 17.0 Å². The zero-order valence-electron chi connectivity index (χ0n) is 23.6. The molecule has 209 valence electrons. The summed E-state index contributed by atoms with van der Waals surface area (Å²) in [4.78, 5) is 33.7. The van der Waals surface area contributed by atoms with Gasteiger partial charge in [-0.1, -0.05) is 0 Å². The van der Waals surface area contributed by atoms with Gasteiger partial charge >= 0.3 is 19.9 Å². The summed E-state index contributed by atoms with van der Waals surface area (Å²) in [5, 5.41) is 9.73. The van der Waals surface area contributed by atoms with Crippen LogP contribution >= 0.6 is 0 Å². The van der Waals surface area contributed by atoms with E-state index >= 15 is 4.39 Å². The summed E-state index contributed by atoms with van der Waals surface area (Å²) in [5.74, 6) is -0.614. The maximum atomic E-state index is 15.0. The molecule has 1 amide bonds. The highest BCUT2D eigenvalue weighted by Crippen LogP contribution is 2.35. The molecule has 0 fully saturated rings. The molecule has 3 aromatic rings. The molecule has 3 rings (SSSR count). The summed E-state index contributed by atoms with van der Waals surface area (Å²) in [7, 11) is 4.19. The Bertz CT molecular complexity index is 1350. The number of hydrogen-bond acceptors (Lipinski definition) is 8. The minimum absolute atomic E-state index is 0.0420. The van der Waals surface area contributed by atoms with Crippen LogP contribution in [-0.4, -0.2) is 77.7 Å². The zero-order chi connectivity index (χ0) is 29.1. The summed E-state index contributed by atoms with van der Waals surface area (Å²) in [6.45, 7) is 11.2. The highest BCUT2D eigenvalue weighted by Gasteiger charge is 2.27. The monoisotopic (exact) mass is 541 g/mol. The number of aromatic nitrogens is 2. The van der Waals surface area contributed by atoms with Gasteiger partial charge in [0.2, 0.25) is 0 Å². The van der Waals surface area contributed by atoms with Crippen LogP contribution in [0.3, 0.4) is 0 Å². The Balaban J connectivity index is 2.16. The maximum Gasteiger partial charge on any atom is 0.570 e. The summed E-state index contributed by atoms with van der Waals surface area (Å²) in [5.41, 5.74) is -0.121. The van der Waals surface area contributed by atoms with Crippen LogP contribution in [0.2, 0.25) is 0 Å². The number of hydrogen-bond donors (Lipinski definition) is 1. The molecule has 2 heterocycles. The third-order valence-electron chi connectivity index (χ3n) is 5.31. The molecular formula is C27H35BFN4O6. The molecule has 2 aromatic heterocycles. The van der Waals surface area contributed by atoms with Crippen LogP contribution in [0.4, 0.5) is 19.7 Å². The molecule has 1 aromatic carbocycles. The van der Waals surface area contributed by atoms with E-state index in [-0.39, 0.29) is 18.1 Å². The first-order chi connectivity index (χ1) is 18.1. The van der Waals surface area contributed by atoms with E-state index in [2.05, 4.69) is 4.98 Å². The smallest absolute Gasteiger partial charge is 0.524 e. The Morgan fingerprint density at radius 3 is 2.28 bits per heavy atom. The fourth-order valence-corrected chi connectivity index (χ4v) is 3.78. The van der Waals surface area contributed by atoms with Crippen LogP contribution in [0, 0.1) is 5.82 Å². The van der Waals surface area contributed by atoms with Crippen LogP contribution in [-0.2, 0) is 9.47 Å². The molecule has 10 nitrogen and oxygen atoms in total. The first-order valence-electron chi connectivity index (χ1n) is 12.4. The van der Waals surface area contributed by atoms with E-state index in [1.807, 2.05) is 19.0 Å². The van der Waals surface area contributed by atoms with Gasteiger partial charge < -0.3 is 24.1 Å². The summed E-state index contributed by atoms with van der Waals surface area (Å²) in [6, 6.07) is 7.41. The number of benzene rings is 1. The van der Waals surface area contributed by atoms with E-state index in [0.717, 1.165) is 4.57 Å². The molecule has 1 N–H and O–H groups in total. The van der Waals surface area contributed by atoms with E-state index in [1.54, 1.807) is 53.7 Å². The SMILES string of the molecule is CN(C)CCN(C(=O)OC(C)(C)C)c1cc(F)cc(-c2ccnc3c2cc(O[B]O)n3C(=O)OC(C)(C)C)c1. The second kappa shape index (κ2) is 11.6. The molecule has 0 aliphatic rings. The lowest BCUT2D eigenvalue weighted by atomic mass is 10.0. The van der Waals surface area contributed by atoms with Gasteiger partial charge in [0, 0.05) is 30.7 Å². The molecular weight excluding hydrogens is 506 g/mol. The predicted molar refractivity (Wildman–Crippen MR) is 147 cm³/mol. The third-order valence-corrected chi connectivity index (χ3v) is 5.31. The second-order valence-electron chi connectivity index (χ2n) is 11.3. The van der Waals surface area contributed by atoms with Gasteiger partial charge in [-0.25, -0.2) is 19.0 Å². The number of ether oxygens (including phenoxy) is 2. The molecule has 0 spiro atoms. The summed E-state index contributed by atoms with van der Waals surface area (Å²) >= 11 is 0. The van der Waals surface area contributed by atoms with Gasteiger partial charge in [0.25, 0.3) is 0 Å². The van der Waals surface area contributed by atoms with Crippen molar-refractivity contribution in [3.8, 4) is 17.0 Å². The van der Waals surface area contributed by atoms with Gasteiger partial charge in [0.05, 0.1) is 5.69 Å². The Morgan fingerprint density at radius 2 is 1.69 bits per heavy atom. The van der Waals surface area contributed by atoms with Gasteiger partial charge in [0.15, 0.2) is 11.5 Å². The van der Waals surface area contributed by atoms with E-state index in [0.29, 0.717) is 36.4 Å². The minimum Gasteiger partial charge on any atom is -0.524 e. The first-order valence-corrected chi connectivity index (χ1v) is 12.4. The fourth-order valence-electron chi connectivity index (χ4n) is 3.78. The first kappa shape index (κ1) is 29.9. The quantitative estimate of drug-likeness (QED) is 0.424. The molecule has 39 heavy (non-hydrogen) atoms. The van der Waals surface area contributed by atoms with E-state index in [9.17, 15) is 14.6 Å². The number of amides is 1. The van der Waals surface area contributed by atoms with Crippen LogP contribution in [0.5, 0.6) is 5.88 Å². The van der Waals surface area contributed by atoms with Crippen LogP contribution < -0.4 is 9.55 Å². The van der Waals surface area contributed by atoms with Crippen LogP contribution in [0.25, 0.3) is 22.2 Å². The molecule has 0 unspecified atom stereocenters. The van der Waals surface area contributed by atoms with Gasteiger partial charge in [-0.05, 0) is 91.0 Å². The molecule has 0 saturated carbocycles. The Kier molecular flexibility index (Phi) is 8.92. The number of fused-ring (bicyclic) bond motifs is 1. The van der Waals surface area contributed by atoms with Crippen LogP contribution in [0.15, 0.2) is 36.5 Å². The Hall–Kier alpha value is -3.64. The largest absolute Gasteiger partial charge is 0.570 e. The lowest BCUT2D eigenvalue weighted by Gasteiger charge is -2.28. The van der Waals surface area contributed by atoms with Crippen molar-refractivity contribution in [2.45, 2.75) is 52.7 Å². The molecule has 1 radical (unpaired) electrons. The van der Waals surface area contributed by atoms with E-state index in [1.165, 1.54) is 29.3 Å². The van der Waals surface area contributed by atoms with Crippen molar-refractivity contribution >= 4 is 36.6 Å². The molecule has 0 aliphatic carbocycles. The molecule has 0 bridgehead atoms. The van der Waals surface area contributed by atoms with E-state index < -0.39 is 29.2 Å². The standard InChI is InChI=1S/C27H35BFN4O6/c1-26(2,3)37-24(34)32(12-11-31(7)8)19-14-17(13-18(29)15-19)20-9-10-30-23-21(20)16-22(39-28-36)33(23)25(35)38-27(4,5)6/h9-10,13-16,36H,11-12H2,1-8H3. The minimum atomic E-state index is -0.805. The average molecular weight is 541 g/mol. The van der Waals surface area contributed by atoms with Crippen molar-refractivity contribution in [2.24, 2.45) is 0 Å². The van der Waals surface area contributed by atoms with Gasteiger partial charge in [-0.2, -0.15) is 4.57 Å². The van der Waals surface area contributed by atoms with Crippen molar-refractivity contribution in [2.75, 3.05) is 32.1 Å². The Morgan fingerprint density at radius 1 is 1.03 bits per heavy atom. The molecule has 0 aliphatic heterocycles. The lowest BCUT2D eigenvalue weighted by Crippen LogP contribution is -2.40. The summed E-state index contributed by atoms with van der Waals surface area (Å²) < 4.78 is 32.4. The van der Waals surface area contributed by atoms with Gasteiger partial charge in [-0.15, -0.1) is 0 Å². The second-order valence-corrected chi connectivity index (χ2v) is 11.3. The number of anilines is 1. The number of pyridine rings is 1. The molecule has 0 saturated heterocycles.